The smallest absolute Gasteiger partial charge is 0.234 e. The molecule has 0 radical (unpaired) electrons. The van der Waals surface area contributed by atoms with Gasteiger partial charge in [0.2, 0.25) is 5.91 Å². The van der Waals surface area contributed by atoms with Crippen LogP contribution in [0.1, 0.15) is 5.56 Å². The van der Waals surface area contributed by atoms with E-state index in [0.29, 0.717) is 5.75 Å². The number of anilines is 1. The summed E-state index contributed by atoms with van der Waals surface area (Å²) in [5.74, 6) is 2.24. The van der Waals surface area contributed by atoms with Crippen LogP contribution in [0.5, 0.6) is 0 Å². The number of para-hydroxylation sites is 2. The molecule has 0 aliphatic rings. The molecule has 2 N–H and O–H groups in total. The number of amides is 1. The molecule has 0 aliphatic carbocycles. The predicted molar refractivity (Wildman–Crippen MR) is 118 cm³/mol. The highest BCUT2D eigenvalue weighted by atomic mass is 32.2. The number of carbonyl (C=O) groups excluding carboxylic acids is 1. The minimum atomic E-state index is 0.0227. The number of hydrogen-bond acceptors (Lipinski definition) is 3. The van der Waals surface area contributed by atoms with E-state index in [1.54, 1.807) is 11.8 Å². The van der Waals surface area contributed by atoms with E-state index in [4.69, 9.17) is 0 Å². The van der Waals surface area contributed by atoms with Crippen LogP contribution >= 0.6 is 11.8 Å². The van der Waals surface area contributed by atoms with Gasteiger partial charge in [-0.3, -0.25) is 4.79 Å². The molecule has 28 heavy (non-hydrogen) atoms. The Bertz CT molecular complexity index is 1030. The third-order valence-electron chi connectivity index (χ3n) is 4.44. The molecule has 1 heterocycles. The average molecular weight is 388 g/mol. The molecule has 5 heteroatoms. The maximum Gasteiger partial charge on any atom is 0.234 e. The second-order valence-corrected chi connectivity index (χ2v) is 7.62. The lowest BCUT2D eigenvalue weighted by Crippen LogP contribution is -2.14. The monoisotopic (exact) mass is 387 g/mol. The average Bonchev–Trinajstić information content (AvgIpc) is 3.17. The molecule has 0 spiro atoms. The largest absolute Gasteiger partial charge is 0.338 e. The highest BCUT2D eigenvalue weighted by molar-refractivity contribution is 7.99. The third-order valence-corrected chi connectivity index (χ3v) is 5.40. The van der Waals surface area contributed by atoms with Crippen LogP contribution < -0.4 is 5.32 Å². The molecular weight excluding hydrogens is 366 g/mol. The normalized spacial score (nSPS) is 10.9. The van der Waals surface area contributed by atoms with Crippen LogP contribution in [0.4, 0.5) is 5.69 Å². The van der Waals surface area contributed by atoms with Crippen LogP contribution in [0.15, 0.2) is 78.9 Å². The van der Waals surface area contributed by atoms with Gasteiger partial charge in [0, 0.05) is 11.3 Å². The van der Waals surface area contributed by atoms with Crippen molar-refractivity contribution in [3.05, 3.63) is 84.4 Å². The lowest BCUT2D eigenvalue weighted by molar-refractivity contribution is -0.113. The summed E-state index contributed by atoms with van der Waals surface area (Å²) in [4.78, 5) is 20.1. The topological polar surface area (TPSA) is 57.8 Å². The lowest BCUT2D eigenvalue weighted by Gasteiger charge is -2.06. The van der Waals surface area contributed by atoms with Gasteiger partial charge in [-0.2, -0.15) is 11.8 Å². The number of benzene rings is 3. The fourth-order valence-corrected chi connectivity index (χ4v) is 3.78. The van der Waals surface area contributed by atoms with Crippen LogP contribution in [-0.2, 0) is 11.2 Å². The van der Waals surface area contributed by atoms with E-state index in [1.165, 1.54) is 5.56 Å². The van der Waals surface area contributed by atoms with Gasteiger partial charge in [0.15, 0.2) is 0 Å². The van der Waals surface area contributed by atoms with Crippen molar-refractivity contribution in [3.8, 4) is 11.4 Å². The van der Waals surface area contributed by atoms with Gasteiger partial charge in [0.25, 0.3) is 0 Å². The van der Waals surface area contributed by atoms with E-state index in [0.717, 1.165) is 40.3 Å². The number of aromatic amines is 1. The molecule has 0 fully saturated rings. The fourth-order valence-electron chi connectivity index (χ4n) is 3.00. The minimum absolute atomic E-state index is 0.0227. The Morgan fingerprint density at radius 2 is 1.68 bits per heavy atom. The summed E-state index contributed by atoms with van der Waals surface area (Å²) >= 11 is 1.65. The minimum Gasteiger partial charge on any atom is -0.338 e. The van der Waals surface area contributed by atoms with E-state index in [1.807, 2.05) is 66.7 Å². The van der Waals surface area contributed by atoms with Crippen molar-refractivity contribution in [2.45, 2.75) is 6.42 Å². The number of thioether (sulfide) groups is 1. The van der Waals surface area contributed by atoms with Crippen molar-refractivity contribution in [1.82, 2.24) is 9.97 Å². The molecule has 3 aromatic carbocycles. The van der Waals surface area contributed by atoms with Gasteiger partial charge >= 0.3 is 0 Å². The summed E-state index contributed by atoms with van der Waals surface area (Å²) < 4.78 is 0. The molecule has 4 rings (SSSR count). The molecule has 0 saturated heterocycles. The Hall–Kier alpha value is -3.05. The zero-order chi connectivity index (χ0) is 19.2. The number of aryl methyl sites for hydroxylation is 1. The Morgan fingerprint density at radius 1 is 0.929 bits per heavy atom. The number of rotatable bonds is 7. The standard InChI is InChI=1S/C23H21N3OS/c27-22(16-28-15-14-17-6-2-1-3-7-17)24-19-12-10-18(11-13-19)23-25-20-8-4-5-9-21(20)26-23/h1-13H,14-16H2,(H,24,27)(H,25,26). The van der Waals surface area contributed by atoms with Gasteiger partial charge in [0.1, 0.15) is 5.82 Å². The van der Waals surface area contributed by atoms with Gasteiger partial charge in [-0.25, -0.2) is 4.98 Å². The lowest BCUT2D eigenvalue weighted by atomic mass is 10.2. The summed E-state index contributed by atoms with van der Waals surface area (Å²) in [7, 11) is 0. The molecule has 0 saturated carbocycles. The first kappa shape index (κ1) is 18.3. The van der Waals surface area contributed by atoms with Gasteiger partial charge in [0.05, 0.1) is 16.8 Å². The first-order chi connectivity index (χ1) is 13.8. The molecule has 0 bridgehead atoms. The van der Waals surface area contributed by atoms with Gasteiger partial charge in [-0.15, -0.1) is 0 Å². The maximum absolute atomic E-state index is 12.1. The van der Waals surface area contributed by atoms with Crippen molar-refractivity contribution in [1.29, 1.82) is 0 Å². The second-order valence-electron chi connectivity index (χ2n) is 6.52. The Labute approximate surface area is 168 Å². The van der Waals surface area contributed by atoms with Gasteiger partial charge < -0.3 is 10.3 Å². The summed E-state index contributed by atoms with van der Waals surface area (Å²) in [6, 6.07) is 26.1. The van der Waals surface area contributed by atoms with Gasteiger partial charge in [-0.05, 0) is 54.1 Å². The molecular formula is C23H21N3OS. The summed E-state index contributed by atoms with van der Waals surface area (Å²) in [5, 5.41) is 2.96. The number of carbonyl (C=O) groups is 1. The molecule has 1 aromatic heterocycles. The van der Waals surface area contributed by atoms with E-state index < -0.39 is 0 Å². The second kappa shape index (κ2) is 8.76. The molecule has 4 nitrogen and oxygen atoms in total. The number of aromatic nitrogens is 2. The highest BCUT2D eigenvalue weighted by Gasteiger charge is 2.06. The van der Waals surface area contributed by atoms with E-state index >= 15 is 0 Å². The maximum atomic E-state index is 12.1. The molecule has 1 amide bonds. The first-order valence-corrected chi connectivity index (χ1v) is 10.4. The zero-order valence-corrected chi connectivity index (χ0v) is 16.2. The molecule has 0 atom stereocenters. The van der Waals surface area contributed by atoms with Crippen LogP contribution in [0.25, 0.3) is 22.4 Å². The zero-order valence-electron chi connectivity index (χ0n) is 15.4. The fraction of sp³-hybridized carbons (Fsp3) is 0.130. The van der Waals surface area contributed by atoms with Crippen LogP contribution in [0.3, 0.4) is 0 Å². The van der Waals surface area contributed by atoms with Crippen molar-refractivity contribution in [3.63, 3.8) is 0 Å². The predicted octanol–water partition coefficient (Wildman–Crippen LogP) is 5.14. The molecule has 140 valence electrons. The van der Waals surface area contributed by atoms with Gasteiger partial charge in [-0.1, -0.05) is 42.5 Å². The first-order valence-electron chi connectivity index (χ1n) is 9.25. The van der Waals surface area contributed by atoms with Crippen molar-refractivity contribution >= 4 is 34.4 Å². The number of nitrogens with one attached hydrogen (secondary N) is 2. The summed E-state index contributed by atoms with van der Waals surface area (Å²) in [5.41, 5.74) is 5.06. The Kier molecular flexibility index (Phi) is 5.73. The number of fused-ring (bicyclic) bond motifs is 1. The Balaban J connectivity index is 1.28. The summed E-state index contributed by atoms with van der Waals surface area (Å²) in [6.45, 7) is 0. The highest BCUT2D eigenvalue weighted by Crippen LogP contribution is 2.22. The SMILES string of the molecule is O=C(CSCCc1ccccc1)Nc1ccc(-c2nc3ccccc3[nH]2)cc1. The van der Waals surface area contributed by atoms with Crippen LogP contribution in [0, 0.1) is 0 Å². The third kappa shape index (κ3) is 4.61. The van der Waals surface area contributed by atoms with E-state index in [2.05, 4.69) is 27.4 Å². The summed E-state index contributed by atoms with van der Waals surface area (Å²) in [6.07, 6.45) is 0.977. The Morgan fingerprint density at radius 3 is 2.46 bits per heavy atom. The molecule has 4 aromatic rings. The number of H-pyrrole nitrogens is 1. The molecule has 0 aliphatic heterocycles. The van der Waals surface area contributed by atoms with Crippen molar-refractivity contribution in [2.75, 3.05) is 16.8 Å². The number of imidazole rings is 1. The number of nitrogens with zero attached hydrogens (tertiary/aromatic N) is 1. The van der Waals surface area contributed by atoms with Crippen molar-refractivity contribution in [2.24, 2.45) is 0 Å². The quantitative estimate of drug-likeness (QED) is 0.432. The van der Waals surface area contributed by atoms with E-state index in [-0.39, 0.29) is 5.91 Å². The van der Waals surface area contributed by atoms with Crippen molar-refractivity contribution < 1.29 is 4.79 Å². The van der Waals surface area contributed by atoms with E-state index in [9.17, 15) is 4.79 Å². The van der Waals surface area contributed by atoms with Crippen LogP contribution in [-0.4, -0.2) is 27.4 Å². The van der Waals surface area contributed by atoms with Crippen LogP contribution in [0.2, 0.25) is 0 Å². The number of hydrogen-bond donors (Lipinski definition) is 2. The molecule has 0 unspecified atom stereocenters.